The Hall–Kier alpha value is -2.27. The van der Waals surface area contributed by atoms with Crippen molar-refractivity contribution < 1.29 is 9.53 Å². The van der Waals surface area contributed by atoms with Crippen molar-refractivity contribution >= 4 is 11.7 Å². The maximum atomic E-state index is 12.7. The van der Waals surface area contributed by atoms with Gasteiger partial charge < -0.3 is 19.5 Å². The first-order valence-electron chi connectivity index (χ1n) is 9.09. The molecule has 25 heavy (non-hydrogen) atoms. The van der Waals surface area contributed by atoms with E-state index in [0.29, 0.717) is 6.54 Å². The highest BCUT2D eigenvalue weighted by Crippen LogP contribution is 2.23. The summed E-state index contributed by atoms with van der Waals surface area (Å²) in [6.45, 7) is 6.36. The maximum absolute atomic E-state index is 12.7. The lowest BCUT2D eigenvalue weighted by molar-refractivity contribution is 0.0115. The van der Waals surface area contributed by atoms with Crippen LogP contribution in [0, 0.1) is 6.92 Å². The lowest BCUT2D eigenvalue weighted by Crippen LogP contribution is -2.45. The number of hydrogen-bond acceptors (Lipinski definition) is 2. The predicted molar refractivity (Wildman–Crippen MR) is 100 cm³/mol. The van der Waals surface area contributed by atoms with Crippen LogP contribution >= 0.6 is 0 Å². The number of carbonyl (C=O) groups excluding carboxylic acids is 1. The lowest BCUT2D eigenvalue weighted by Gasteiger charge is -2.32. The minimum Gasteiger partial charge on any atom is -0.376 e. The summed E-state index contributed by atoms with van der Waals surface area (Å²) in [7, 11) is 0. The number of anilines is 1. The van der Waals surface area contributed by atoms with Gasteiger partial charge in [0.15, 0.2) is 0 Å². The summed E-state index contributed by atoms with van der Waals surface area (Å²) < 4.78 is 7.89. The minimum absolute atomic E-state index is 0.0439. The summed E-state index contributed by atoms with van der Waals surface area (Å²) in [5.74, 6) is 0. The van der Waals surface area contributed by atoms with Gasteiger partial charge in [-0.05, 0) is 56.0 Å². The van der Waals surface area contributed by atoms with Gasteiger partial charge in [0, 0.05) is 43.5 Å². The second kappa shape index (κ2) is 8.21. The summed E-state index contributed by atoms with van der Waals surface area (Å²) in [4.78, 5) is 14.6. The molecule has 2 amide bonds. The van der Waals surface area contributed by atoms with E-state index in [1.165, 1.54) is 0 Å². The molecule has 1 atom stereocenters. The van der Waals surface area contributed by atoms with Crippen LogP contribution in [0.1, 0.15) is 31.7 Å². The molecule has 0 spiro atoms. The first-order valence-corrected chi connectivity index (χ1v) is 9.09. The zero-order chi connectivity index (χ0) is 17.6. The molecule has 134 valence electrons. The Morgan fingerprint density at radius 2 is 2.08 bits per heavy atom. The number of rotatable bonds is 5. The van der Waals surface area contributed by atoms with Crippen molar-refractivity contribution in [3.05, 3.63) is 48.3 Å². The topological polar surface area (TPSA) is 46.5 Å². The molecule has 1 aromatic carbocycles. The number of amides is 2. The summed E-state index contributed by atoms with van der Waals surface area (Å²) in [5.41, 5.74) is 2.99. The fourth-order valence-electron chi connectivity index (χ4n) is 3.27. The number of carbonyl (C=O) groups is 1. The van der Waals surface area contributed by atoms with Gasteiger partial charge in [0.05, 0.1) is 6.10 Å². The Morgan fingerprint density at radius 3 is 2.84 bits per heavy atom. The monoisotopic (exact) mass is 341 g/mol. The number of likely N-dealkylation sites (tertiary alicyclic amines) is 1. The highest BCUT2D eigenvalue weighted by atomic mass is 16.5. The molecular weight excluding hydrogens is 314 g/mol. The Balaban J connectivity index is 1.68. The van der Waals surface area contributed by atoms with Crippen LogP contribution in [0.2, 0.25) is 0 Å². The molecule has 1 aromatic heterocycles. The van der Waals surface area contributed by atoms with Crippen molar-refractivity contribution in [2.45, 2.75) is 39.2 Å². The summed E-state index contributed by atoms with van der Waals surface area (Å²) in [5, 5.41) is 3.08. The molecule has 3 rings (SSSR count). The third-order valence-corrected chi connectivity index (χ3v) is 4.65. The number of piperidine rings is 1. The second-order valence-electron chi connectivity index (χ2n) is 6.55. The van der Waals surface area contributed by atoms with Gasteiger partial charge in [-0.3, -0.25) is 0 Å². The SMILES string of the molecule is CCCOC1CCCN(C(=O)Nc2cccc(-n3cccc3)c2C)C1. The molecule has 2 heterocycles. The molecule has 0 radical (unpaired) electrons. The van der Waals surface area contributed by atoms with Gasteiger partial charge in [-0.25, -0.2) is 4.79 Å². The first-order chi connectivity index (χ1) is 12.2. The summed E-state index contributed by atoms with van der Waals surface area (Å²) in [6, 6.07) is 9.93. The van der Waals surface area contributed by atoms with Crippen LogP contribution in [-0.4, -0.2) is 41.3 Å². The van der Waals surface area contributed by atoms with Crippen molar-refractivity contribution in [2.24, 2.45) is 0 Å². The van der Waals surface area contributed by atoms with Crippen LogP contribution in [0.4, 0.5) is 10.5 Å². The average molecular weight is 341 g/mol. The molecule has 1 saturated heterocycles. The van der Waals surface area contributed by atoms with E-state index < -0.39 is 0 Å². The molecule has 5 heteroatoms. The quantitative estimate of drug-likeness (QED) is 0.885. The van der Waals surface area contributed by atoms with Crippen molar-refractivity contribution in [1.29, 1.82) is 0 Å². The van der Waals surface area contributed by atoms with Gasteiger partial charge in [0.1, 0.15) is 0 Å². The summed E-state index contributed by atoms with van der Waals surface area (Å²) in [6.07, 6.45) is 7.21. The average Bonchev–Trinajstić information content (AvgIpc) is 3.16. The van der Waals surface area contributed by atoms with Crippen LogP contribution in [0.25, 0.3) is 5.69 Å². The molecule has 1 fully saturated rings. The van der Waals surface area contributed by atoms with E-state index >= 15 is 0 Å². The number of nitrogens with zero attached hydrogens (tertiary/aromatic N) is 2. The Kier molecular flexibility index (Phi) is 5.76. The molecule has 1 aliphatic heterocycles. The third kappa shape index (κ3) is 4.23. The molecule has 2 aromatic rings. The first kappa shape index (κ1) is 17.5. The van der Waals surface area contributed by atoms with Crippen LogP contribution in [0.5, 0.6) is 0 Å². The van der Waals surface area contributed by atoms with Crippen LogP contribution < -0.4 is 5.32 Å². The van der Waals surface area contributed by atoms with E-state index in [9.17, 15) is 4.79 Å². The second-order valence-corrected chi connectivity index (χ2v) is 6.55. The highest BCUT2D eigenvalue weighted by molar-refractivity contribution is 5.90. The highest BCUT2D eigenvalue weighted by Gasteiger charge is 2.24. The smallest absolute Gasteiger partial charge is 0.321 e. The molecule has 0 saturated carbocycles. The van der Waals surface area contributed by atoms with Crippen molar-refractivity contribution in [3.8, 4) is 5.69 Å². The number of ether oxygens (including phenoxy) is 1. The lowest BCUT2D eigenvalue weighted by atomic mass is 10.1. The fourth-order valence-corrected chi connectivity index (χ4v) is 3.27. The number of aromatic nitrogens is 1. The van der Waals surface area contributed by atoms with Crippen molar-refractivity contribution in [2.75, 3.05) is 25.0 Å². The van der Waals surface area contributed by atoms with Gasteiger partial charge in [-0.2, -0.15) is 0 Å². The van der Waals surface area contributed by atoms with Gasteiger partial charge in [0.2, 0.25) is 0 Å². The zero-order valence-corrected chi connectivity index (χ0v) is 15.1. The molecule has 5 nitrogen and oxygen atoms in total. The fraction of sp³-hybridized carbons (Fsp3) is 0.450. The standard InChI is InChI=1S/C20H27N3O2/c1-3-14-25-17-8-7-13-23(15-17)20(24)21-18-9-6-10-19(16(18)2)22-11-4-5-12-22/h4-6,9-12,17H,3,7-8,13-15H2,1-2H3,(H,21,24). The normalized spacial score (nSPS) is 17.5. The number of hydrogen-bond donors (Lipinski definition) is 1. The van der Waals surface area contributed by atoms with Crippen LogP contribution in [0.3, 0.4) is 0 Å². The zero-order valence-electron chi connectivity index (χ0n) is 15.1. The molecule has 0 bridgehead atoms. The van der Waals surface area contributed by atoms with Crippen LogP contribution in [0.15, 0.2) is 42.7 Å². The Bertz CT molecular complexity index is 697. The van der Waals surface area contributed by atoms with E-state index in [-0.39, 0.29) is 12.1 Å². The Labute approximate surface area is 149 Å². The molecule has 1 N–H and O–H groups in total. The van der Waals surface area contributed by atoms with E-state index in [4.69, 9.17) is 4.74 Å². The van der Waals surface area contributed by atoms with E-state index in [1.54, 1.807) is 0 Å². The number of benzene rings is 1. The van der Waals surface area contributed by atoms with Crippen LogP contribution in [-0.2, 0) is 4.74 Å². The summed E-state index contributed by atoms with van der Waals surface area (Å²) >= 11 is 0. The van der Waals surface area contributed by atoms with Gasteiger partial charge in [-0.15, -0.1) is 0 Å². The van der Waals surface area contributed by atoms with Crippen molar-refractivity contribution in [3.63, 3.8) is 0 Å². The van der Waals surface area contributed by atoms with Gasteiger partial charge in [-0.1, -0.05) is 13.0 Å². The molecule has 1 unspecified atom stereocenters. The molecule has 1 aliphatic rings. The maximum Gasteiger partial charge on any atom is 0.321 e. The van der Waals surface area contributed by atoms with E-state index in [0.717, 1.165) is 49.4 Å². The van der Waals surface area contributed by atoms with E-state index in [2.05, 4.69) is 22.9 Å². The number of urea groups is 1. The largest absolute Gasteiger partial charge is 0.376 e. The molecule has 0 aliphatic carbocycles. The van der Waals surface area contributed by atoms with Crippen molar-refractivity contribution in [1.82, 2.24) is 9.47 Å². The minimum atomic E-state index is -0.0439. The third-order valence-electron chi connectivity index (χ3n) is 4.65. The van der Waals surface area contributed by atoms with Gasteiger partial charge >= 0.3 is 6.03 Å². The molecular formula is C20H27N3O2. The van der Waals surface area contributed by atoms with Gasteiger partial charge in [0.25, 0.3) is 0 Å². The predicted octanol–water partition coefficient (Wildman–Crippen LogP) is 4.21. The van der Waals surface area contributed by atoms with E-state index in [1.807, 2.05) is 48.5 Å². The number of nitrogens with one attached hydrogen (secondary N) is 1. The Morgan fingerprint density at radius 1 is 1.28 bits per heavy atom.